The minimum absolute atomic E-state index is 0.591. The summed E-state index contributed by atoms with van der Waals surface area (Å²) in [6, 6.07) is 4.16. The first kappa shape index (κ1) is 10.4. The van der Waals surface area contributed by atoms with Crippen molar-refractivity contribution >= 4 is 10.8 Å². The third-order valence-corrected chi connectivity index (χ3v) is 2.75. The first-order valence-corrected chi connectivity index (χ1v) is 5.01. The molecule has 0 bridgehead atoms. The van der Waals surface area contributed by atoms with Crippen LogP contribution in [-0.4, -0.2) is 12.1 Å². The topological polar surface area (TPSA) is 45.9 Å². The Kier molecular flexibility index (Phi) is 2.49. The van der Waals surface area contributed by atoms with Gasteiger partial charge in [-0.3, -0.25) is 4.98 Å². The molecule has 0 spiro atoms. The molecule has 1 heterocycles. The Balaban J connectivity index is 2.96. The lowest BCUT2D eigenvalue weighted by Gasteiger charge is -2.12. The largest absolute Gasteiger partial charge is 0.496 e. The highest BCUT2D eigenvalue weighted by Gasteiger charge is 2.11. The zero-order valence-electron chi connectivity index (χ0n) is 9.53. The Morgan fingerprint density at radius 3 is 2.69 bits per heavy atom. The fraction of sp³-hybridized carbons (Fsp3) is 0.231. The molecule has 80 valence electrons. The SMILES string of the molecule is COc1c(C)cc2cncc(C#N)c2c1C. The van der Waals surface area contributed by atoms with E-state index in [0.29, 0.717) is 5.56 Å². The summed E-state index contributed by atoms with van der Waals surface area (Å²) in [5.74, 6) is 0.843. The quantitative estimate of drug-likeness (QED) is 0.730. The van der Waals surface area contributed by atoms with Crippen molar-refractivity contribution in [3.63, 3.8) is 0 Å². The van der Waals surface area contributed by atoms with Crippen LogP contribution in [0.15, 0.2) is 18.5 Å². The van der Waals surface area contributed by atoms with Crippen LogP contribution in [0.25, 0.3) is 10.8 Å². The summed E-state index contributed by atoms with van der Waals surface area (Å²) in [5.41, 5.74) is 2.65. The smallest absolute Gasteiger partial charge is 0.125 e. The summed E-state index contributed by atoms with van der Waals surface area (Å²) < 4.78 is 5.35. The van der Waals surface area contributed by atoms with Crippen molar-refractivity contribution in [2.24, 2.45) is 0 Å². The maximum atomic E-state index is 9.06. The van der Waals surface area contributed by atoms with E-state index in [9.17, 15) is 0 Å². The second-order valence-electron chi connectivity index (χ2n) is 3.75. The molecule has 3 heteroatoms. The van der Waals surface area contributed by atoms with Crippen molar-refractivity contribution < 1.29 is 4.74 Å². The van der Waals surface area contributed by atoms with Crippen molar-refractivity contribution in [3.8, 4) is 11.8 Å². The molecule has 2 rings (SSSR count). The molecule has 0 aliphatic carbocycles. The highest BCUT2D eigenvalue weighted by Crippen LogP contribution is 2.32. The lowest BCUT2D eigenvalue weighted by atomic mass is 9.99. The molecule has 3 nitrogen and oxygen atoms in total. The maximum Gasteiger partial charge on any atom is 0.125 e. The molecule has 0 saturated heterocycles. The van der Waals surface area contributed by atoms with Gasteiger partial charge >= 0.3 is 0 Å². The number of rotatable bonds is 1. The predicted molar refractivity (Wildman–Crippen MR) is 62.5 cm³/mol. The summed E-state index contributed by atoms with van der Waals surface area (Å²) in [5, 5.41) is 11.0. The number of benzene rings is 1. The van der Waals surface area contributed by atoms with E-state index in [1.165, 1.54) is 0 Å². The highest BCUT2D eigenvalue weighted by molar-refractivity contribution is 5.92. The molecule has 0 aliphatic rings. The molecule has 2 aromatic rings. The number of methoxy groups -OCH3 is 1. The molecule has 1 aromatic heterocycles. The van der Waals surface area contributed by atoms with Crippen LogP contribution in [0.2, 0.25) is 0 Å². The molecule has 0 saturated carbocycles. The Morgan fingerprint density at radius 2 is 2.06 bits per heavy atom. The molecule has 0 unspecified atom stereocenters. The Labute approximate surface area is 94.3 Å². The molecule has 0 radical (unpaired) electrons. The molecule has 1 aromatic carbocycles. The zero-order valence-corrected chi connectivity index (χ0v) is 9.53. The van der Waals surface area contributed by atoms with Crippen LogP contribution in [0, 0.1) is 25.2 Å². The molecule has 16 heavy (non-hydrogen) atoms. The number of pyridine rings is 1. The van der Waals surface area contributed by atoms with E-state index in [1.54, 1.807) is 19.5 Å². The number of aromatic nitrogens is 1. The third-order valence-electron chi connectivity index (χ3n) is 2.75. The van der Waals surface area contributed by atoms with Crippen LogP contribution in [0.5, 0.6) is 5.75 Å². The van der Waals surface area contributed by atoms with Gasteiger partial charge in [0.1, 0.15) is 11.8 Å². The Morgan fingerprint density at radius 1 is 1.31 bits per heavy atom. The van der Waals surface area contributed by atoms with E-state index in [0.717, 1.165) is 27.6 Å². The van der Waals surface area contributed by atoms with Crippen molar-refractivity contribution in [1.82, 2.24) is 4.98 Å². The fourth-order valence-electron chi connectivity index (χ4n) is 2.11. The summed E-state index contributed by atoms with van der Waals surface area (Å²) in [4.78, 5) is 4.06. The van der Waals surface area contributed by atoms with Crippen LogP contribution < -0.4 is 4.74 Å². The summed E-state index contributed by atoms with van der Waals surface area (Å²) in [6.07, 6.45) is 3.36. The van der Waals surface area contributed by atoms with Gasteiger partial charge in [-0.1, -0.05) is 0 Å². The summed E-state index contributed by atoms with van der Waals surface area (Å²) in [7, 11) is 1.65. The van der Waals surface area contributed by atoms with E-state index in [1.807, 2.05) is 19.9 Å². The van der Waals surface area contributed by atoms with Gasteiger partial charge in [-0.2, -0.15) is 5.26 Å². The molecule has 0 aliphatic heterocycles. The average Bonchev–Trinajstić information content (AvgIpc) is 2.28. The minimum Gasteiger partial charge on any atom is -0.496 e. The van der Waals surface area contributed by atoms with Gasteiger partial charge in [-0.05, 0) is 25.5 Å². The van der Waals surface area contributed by atoms with Gasteiger partial charge in [0.15, 0.2) is 0 Å². The monoisotopic (exact) mass is 212 g/mol. The van der Waals surface area contributed by atoms with Crippen LogP contribution in [-0.2, 0) is 0 Å². The lowest BCUT2D eigenvalue weighted by Crippen LogP contribution is -1.94. The van der Waals surface area contributed by atoms with Crippen molar-refractivity contribution in [2.75, 3.05) is 7.11 Å². The van der Waals surface area contributed by atoms with Gasteiger partial charge in [0.2, 0.25) is 0 Å². The fourth-order valence-corrected chi connectivity index (χ4v) is 2.11. The van der Waals surface area contributed by atoms with Gasteiger partial charge in [-0.15, -0.1) is 0 Å². The number of ether oxygens (including phenoxy) is 1. The van der Waals surface area contributed by atoms with E-state index in [-0.39, 0.29) is 0 Å². The second kappa shape index (κ2) is 3.82. The average molecular weight is 212 g/mol. The summed E-state index contributed by atoms with van der Waals surface area (Å²) in [6.45, 7) is 3.96. The van der Waals surface area contributed by atoms with Gasteiger partial charge < -0.3 is 4.74 Å². The normalized spacial score (nSPS) is 10.1. The predicted octanol–water partition coefficient (Wildman–Crippen LogP) is 2.73. The van der Waals surface area contributed by atoms with Crippen LogP contribution in [0.3, 0.4) is 0 Å². The Hall–Kier alpha value is -2.08. The van der Waals surface area contributed by atoms with Crippen molar-refractivity contribution in [1.29, 1.82) is 5.26 Å². The van der Waals surface area contributed by atoms with Gasteiger partial charge in [0, 0.05) is 28.7 Å². The van der Waals surface area contributed by atoms with Crippen LogP contribution >= 0.6 is 0 Å². The van der Waals surface area contributed by atoms with E-state index < -0.39 is 0 Å². The molecule has 0 atom stereocenters. The molecular weight excluding hydrogens is 200 g/mol. The van der Waals surface area contributed by atoms with Crippen molar-refractivity contribution in [3.05, 3.63) is 35.2 Å². The number of hydrogen-bond acceptors (Lipinski definition) is 3. The molecular formula is C13H12N2O. The van der Waals surface area contributed by atoms with E-state index in [2.05, 4.69) is 11.1 Å². The Bertz CT molecular complexity index is 597. The minimum atomic E-state index is 0.591. The van der Waals surface area contributed by atoms with Crippen molar-refractivity contribution in [2.45, 2.75) is 13.8 Å². The first-order chi connectivity index (χ1) is 7.69. The third kappa shape index (κ3) is 1.40. The molecule has 0 N–H and O–H groups in total. The van der Waals surface area contributed by atoms with Gasteiger partial charge in [0.25, 0.3) is 0 Å². The number of hydrogen-bond donors (Lipinski definition) is 0. The lowest BCUT2D eigenvalue weighted by molar-refractivity contribution is 0.409. The first-order valence-electron chi connectivity index (χ1n) is 5.01. The van der Waals surface area contributed by atoms with Crippen LogP contribution in [0.1, 0.15) is 16.7 Å². The van der Waals surface area contributed by atoms with Gasteiger partial charge in [0.05, 0.1) is 12.7 Å². The molecule has 0 fully saturated rings. The maximum absolute atomic E-state index is 9.06. The van der Waals surface area contributed by atoms with E-state index in [4.69, 9.17) is 10.00 Å². The summed E-state index contributed by atoms with van der Waals surface area (Å²) >= 11 is 0. The van der Waals surface area contributed by atoms with Gasteiger partial charge in [-0.25, -0.2) is 0 Å². The number of fused-ring (bicyclic) bond motifs is 1. The number of nitrogens with zero attached hydrogens (tertiary/aromatic N) is 2. The van der Waals surface area contributed by atoms with Crippen LogP contribution in [0.4, 0.5) is 0 Å². The number of nitriles is 1. The van der Waals surface area contributed by atoms with E-state index >= 15 is 0 Å². The zero-order chi connectivity index (χ0) is 11.7. The standard InChI is InChI=1S/C13H12N2O/c1-8-4-10-6-15-7-11(5-14)12(10)9(2)13(8)16-3/h4,6-7H,1-3H3. The molecule has 0 amide bonds. The second-order valence-corrected chi connectivity index (χ2v) is 3.75. The number of aryl methyl sites for hydroxylation is 2. The highest BCUT2D eigenvalue weighted by atomic mass is 16.5.